The number of halogens is 2. The largest absolute Gasteiger partial charge is 0.309 e. The minimum absolute atomic E-state index is 0.844. The van der Waals surface area contributed by atoms with Crippen LogP contribution >= 0.6 is 34.2 Å². The predicted octanol–water partition coefficient (Wildman–Crippen LogP) is 2.55. The summed E-state index contributed by atoms with van der Waals surface area (Å²) in [5.41, 5.74) is 2.76. The zero-order chi connectivity index (χ0) is 7.84. The van der Waals surface area contributed by atoms with Crippen LogP contribution in [0.2, 0.25) is 5.02 Å². The summed E-state index contributed by atoms with van der Waals surface area (Å²) in [4.78, 5) is 0. The van der Waals surface area contributed by atoms with Gasteiger partial charge in [0.25, 0.3) is 0 Å². The Kier molecular flexibility index (Phi) is 2.08. The van der Waals surface area contributed by atoms with Crippen LogP contribution in [0.25, 0.3) is 0 Å². The SMILES string of the molecule is Clc1cc(I)c2c(c1)CNC2. The summed E-state index contributed by atoms with van der Waals surface area (Å²) in [7, 11) is 0. The standard InChI is InChI=1S/C8H7ClIN/c9-6-1-5-3-11-4-7(5)8(10)2-6/h1-2,11H,3-4H2. The van der Waals surface area contributed by atoms with Crippen LogP contribution in [0.4, 0.5) is 0 Å². The Bertz CT molecular complexity index is 298. The molecule has 1 heterocycles. The Morgan fingerprint density at radius 2 is 2.18 bits per heavy atom. The van der Waals surface area contributed by atoms with E-state index in [9.17, 15) is 0 Å². The molecule has 0 radical (unpaired) electrons. The molecule has 58 valence electrons. The van der Waals surface area contributed by atoms with E-state index in [2.05, 4.69) is 27.9 Å². The topological polar surface area (TPSA) is 12.0 Å². The summed E-state index contributed by atoms with van der Waals surface area (Å²) in [6.07, 6.45) is 0. The van der Waals surface area contributed by atoms with Crippen LogP contribution in [-0.4, -0.2) is 0 Å². The number of fused-ring (bicyclic) bond motifs is 1. The minimum atomic E-state index is 0.844. The molecule has 0 amide bonds. The molecule has 1 nitrogen and oxygen atoms in total. The van der Waals surface area contributed by atoms with Crippen molar-refractivity contribution in [1.82, 2.24) is 5.32 Å². The van der Waals surface area contributed by atoms with E-state index in [4.69, 9.17) is 11.6 Å². The van der Waals surface area contributed by atoms with Crippen molar-refractivity contribution >= 4 is 34.2 Å². The van der Waals surface area contributed by atoms with Gasteiger partial charge >= 0.3 is 0 Å². The second-order valence-corrected chi connectivity index (χ2v) is 4.23. The molecule has 11 heavy (non-hydrogen) atoms. The third kappa shape index (κ3) is 1.39. The maximum Gasteiger partial charge on any atom is 0.0419 e. The fourth-order valence-electron chi connectivity index (χ4n) is 1.33. The van der Waals surface area contributed by atoms with Crippen LogP contribution in [0, 0.1) is 3.57 Å². The molecule has 0 saturated carbocycles. The number of rotatable bonds is 0. The molecule has 0 aliphatic carbocycles. The average Bonchev–Trinajstić information content (AvgIpc) is 2.34. The van der Waals surface area contributed by atoms with Crippen molar-refractivity contribution in [3.63, 3.8) is 0 Å². The average molecular weight is 280 g/mol. The van der Waals surface area contributed by atoms with Crippen LogP contribution in [0.5, 0.6) is 0 Å². The zero-order valence-electron chi connectivity index (χ0n) is 5.82. The van der Waals surface area contributed by atoms with Gasteiger partial charge in [-0.3, -0.25) is 0 Å². The summed E-state index contributed by atoms with van der Waals surface area (Å²) >= 11 is 8.22. The molecule has 0 spiro atoms. The number of hydrogen-bond acceptors (Lipinski definition) is 1. The van der Waals surface area contributed by atoms with Gasteiger partial charge < -0.3 is 5.32 Å². The number of nitrogens with one attached hydrogen (secondary N) is 1. The maximum absolute atomic E-state index is 5.90. The Hall–Kier alpha value is 0.200. The molecule has 1 aromatic rings. The van der Waals surface area contributed by atoms with Crippen molar-refractivity contribution in [2.24, 2.45) is 0 Å². The highest BCUT2D eigenvalue weighted by Gasteiger charge is 2.13. The van der Waals surface area contributed by atoms with Crippen LogP contribution in [0.3, 0.4) is 0 Å². The lowest BCUT2D eigenvalue weighted by molar-refractivity contribution is 0.764. The monoisotopic (exact) mass is 279 g/mol. The van der Waals surface area contributed by atoms with Gasteiger partial charge in [0.2, 0.25) is 0 Å². The van der Waals surface area contributed by atoms with E-state index in [0.29, 0.717) is 0 Å². The van der Waals surface area contributed by atoms with E-state index in [1.54, 1.807) is 0 Å². The third-order valence-corrected chi connectivity index (χ3v) is 3.05. The molecule has 1 N–H and O–H groups in total. The molecule has 1 aromatic carbocycles. The molecule has 0 unspecified atom stereocenters. The molecule has 3 heteroatoms. The Morgan fingerprint density at radius 3 is 3.00 bits per heavy atom. The van der Waals surface area contributed by atoms with Crippen molar-refractivity contribution in [3.05, 3.63) is 31.9 Å². The quantitative estimate of drug-likeness (QED) is 0.720. The third-order valence-electron chi connectivity index (χ3n) is 1.87. The van der Waals surface area contributed by atoms with Gasteiger partial charge in [-0.25, -0.2) is 0 Å². The molecular weight excluding hydrogens is 272 g/mol. The first kappa shape index (κ1) is 7.83. The van der Waals surface area contributed by atoms with Gasteiger partial charge in [-0.05, 0) is 45.9 Å². The lowest BCUT2D eigenvalue weighted by atomic mass is 10.1. The normalized spacial score (nSPS) is 15.1. The second kappa shape index (κ2) is 2.92. The molecule has 0 bridgehead atoms. The summed E-state index contributed by atoms with van der Waals surface area (Å²) in [5, 5.41) is 4.14. The summed E-state index contributed by atoms with van der Waals surface area (Å²) in [6.45, 7) is 1.96. The number of hydrogen-bond donors (Lipinski definition) is 1. The minimum Gasteiger partial charge on any atom is -0.309 e. The summed E-state index contributed by atoms with van der Waals surface area (Å²) in [5.74, 6) is 0. The van der Waals surface area contributed by atoms with Crippen LogP contribution in [0.1, 0.15) is 11.1 Å². The molecule has 0 atom stereocenters. The molecule has 1 aliphatic rings. The van der Waals surface area contributed by atoms with E-state index in [-0.39, 0.29) is 0 Å². The van der Waals surface area contributed by atoms with Gasteiger partial charge in [0.1, 0.15) is 0 Å². The van der Waals surface area contributed by atoms with Gasteiger partial charge in [0, 0.05) is 21.7 Å². The fraction of sp³-hybridized carbons (Fsp3) is 0.250. The summed E-state index contributed by atoms with van der Waals surface area (Å²) < 4.78 is 1.27. The zero-order valence-corrected chi connectivity index (χ0v) is 8.74. The van der Waals surface area contributed by atoms with Gasteiger partial charge in [-0.1, -0.05) is 11.6 Å². The highest BCUT2D eigenvalue weighted by atomic mass is 127. The van der Waals surface area contributed by atoms with Crippen molar-refractivity contribution in [1.29, 1.82) is 0 Å². The predicted molar refractivity (Wildman–Crippen MR) is 54.7 cm³/mol. The highest BCUT2D eigenvalue weighted by Crippen LogP contribution is 2.25. The summed E-state index contributed by atoms with van der Waals surface area (Å²) in [6, 6.07) is 4.05. The van der Waals surface area contributed by atoms with Crippen molar-refractivity contribution in [3.8, 4) is 0 Å². The Balaban J connectivity index is 2.60. The number of benzene rings is 1. The smallest absolute Gasteiger partial charge is 0.0419 e. The molecule has 1 aliphatic heterocycles. The highest BCUT2D eigenvalue weighted by molar-refractivity contribution is 14.1. The maximum atomic E-state index is 5.90. The van der Waals surface area contributed by atoms with Gasteiger partial charge in [0.05, 0.1) is 0 Å². The molecule has 0 aromatic heterocycles. The Labute approximate surface area is 84.3 Å². The first-order valence-corrected chi connectivity index (χ1v) is 4.90. The van der Waals surface area contributed by atoms with Crippen molar-refractivity contribution < 1.29 is 0 Å². The van der Waals surface area contributed by atoms with Crippen molar-refractivity contribution in [2.75, 3.05) is 0 Å². The van der Waals surface area contributed by atoms with Crippen LogP contribution < -0.4 is 5.32 Å². The molecule has 2 rings (SSSR count). The molecule has 0 fully saturated rings. The van der Waals surface area contributed by atoms with E-state index in [1.165, 1.54) is 14.7 Å². The fourth-order valence-corrected chi connectivity index (χ4v) is 2.63. The van der Waals surface area contributed by atoms with E-state index < -0.39 is 0 Å². The van der Waals surface area contributed by atoms with Crippen LogP contribution in [-0.2, 0) is 13.1 Å². The van der Waals surface area contributed by atoms with Gasteiger partial charge in [-0.15, -0.1) is 0 Å². The molecular formula is C8H7ClIN. The lowest BCUT2D eigenvalue weighted by Gasteiger charge is -2.00. The van der Waals surface area contributed by atoms with Crippen LogP contribution in [0.15, 0.2) is 12.1 Å². The molecule has 0 saturated heterocycles. The van der Waals surface area contributed by atoms with E-state index in [1.807, 2.05) is 12.1 Å². The first-order valence-electron chi connectivity index (χ1n) is 3.45. The van der Waals surface area contributed by atoms with Crippen molar-refractivity contribution in [2.45, 2.75) is 13.1 Å². The Morgan fingerprint density at radius 1 is 1.36 bits per heavy atom. The van der Waals surface area contributed by atoms with E-state index in [0.717, 1.165) is 18.1 Å². The second-order valence-electron chi connectivity index (χ2n) is 2.63. The van der Waals surface area contributed by atoms with Gasteiger partial charge in [0.15, 0.2) is 0 Å². The first-order chi connectivity index (χ1) is 5.27. The lowest BCUT2D eigenvalue weighted by Crippen LogP contribution is -2.00. The van der Waals surface area contributed by atoms with E-state index >= 15 is 0 Å². The van der Waals surface area contributed by atoms with Gasteiger partial charge in [-0.2, -0.15) is 0 Å².